The monoisotopic (exact) mass is 572 g/mol. The van der Waals surface area contributed by atoms with E-state index in [0.29, 0.717) is 37.1 Å². The fourth-order valence-electron chi connectivity index (χ4n) is 3.74. The molecule has 3 aromatic rings. The number of likely N-dealkylation sites (tertiary alicyclic amines) is 1. The Labute approximate surface area is 233 Å². The molecule has 2 aromatic carbocycles. The third-order valence-electron chi connectivity index (χ3n) is 5.54. The van der Waals surface area contributed by atoms with Gasteiger partial charge in [0.2, 0.25) is 16.9 Å². The van der Waals surface area contributed by atoms with Gasteiger partial charge in [-0.2, -0.15) is 0 Å². The van der Waals surface area contributed by atoms with E-state index in [0.717, 1.165) is 22.5 Å². The number of nitrogens with zero attached hydrogens (tertiary/aromatic N) is 3. The first-order valence-corrected chi connectivity index (χ1v) is 13.4. The van der Waals surface area contributed by atoms with E-state index >= 15 is 0 Å². The number of thiol groups is 1. The van der Waals surface area contributed by atoms with Crippen LogP contribution < -0.4 is 5.32 Å². The van der Waals surface area contributed by atoms with E-state index in [1.165, 1.54) is 0 Å². The molecule has 37 heavy (non-hydrogen) atoms. The summed E-state index contributed by atoms with van der Waals surface area (Å²) in [5, 5.41) is 11.7. The highest BCUT2D eigenvalue weighted by Gasteiger charge is 2.29. The van der Waals surface area contributed by atoms with Crippen LogP contribution in [-0.2, 0) is 14.4 Å². The van der Waals surface area contributed by atoms with Gasteiger partial charge in [-0.15, -0.1) is 22.8 Å². The van der Waals surface area contributed by atoms with Crippen LogP contribution in [0.25, 0.3) is 12.2 Å². The van der Waals surface area contributed by atoms with Gasteiger partial charge in [0, 0.05) is 47.1 Å². The zero-order valence-electron chi connectivity index (χ0n) is 19.5. The fourth-order valence-corrected chi connectivity index (χ4v) is 4.80. The smallest absolute Gasteiger partial charge is 0.226 e. The summed E-state index contributed by atoms with van der Waals surface area (Å²) in [7, 11) is 0. The maximum atomic E-state index is 13.3. The summed E-state index contributed by atoms with van der Waals surface area (Å²) < 4.78 is 0.454. The van der Waals surface area contributed by atoms with Crippen LogP contribution in [0, 0.1) is 0 Å². The van der Waals surface area contributed by atoms with Crippen LogP contribution in [0.5, 0.6) is 0 Å². The summed E-state index contributed by atoms with van der Waals surface area (Å²) in [6.07, 6.45) is 4.23. The zero-order valence-corrected chi connectivity index (χ0v) is 22.7. The largest absolute Gasteiger partial charge is 0.334 e. The molecular weight excluding hydrogens is 551 g/mol. The molecule has 1 aliphatic rings. The molecule has 0 bridgehead atoms. The van der Waals surface area contributed by atoms with Crippen LogP contribution in [0.4, 0.5) is 5.13 Å². The molecule has 2 amide bonds. The number of hydrogen-bond acceptors (Lipinski definition) is 7. The first-order chi connectivity index (χ1) is 17.8. The molecule has 0 spiro atoms. The van der Waals surface area contributed by atoms with E-state index in [1.54, 1.807) is 41.3 Å². The number of hydrogen-bond donors (Lipinski definition) is 2. The molecule has 7 nitrogen and oxygen atoms in total. The van der Waals surface area contributed by atoms with Gasteiger partial charge >= 0.3 is 0 Å². The summed E-state index contributed by atoms with van der Waals surface area (Å²) in [4.78, 5) is 40.2. The lowest BCUT2D eigenvalue weighted by Crippen LogP contribution is -2.41. The molecular formula is C26H22Cl2N4O3S2. The minimum absolute atomic E-state index is 0.117. The topological polar surface area (TPSA) is 92.3 Å². The van der Waals surface area contributed by atoms with Crippen molar-refractivity contribution < 1.29 is 14.4 Å². The number of amides is 2. The summed E-state index contributed by atoms with van der Waals surface area (Å²) in [6, 6.07) is 14.3. The zero-order chi connectivity index (χ0) is 26.4. The molecule has 1 N–H and O–H groups in total. The Morgan fingerprint density at radius 2 is 1.46 bits per heavy atom. The molecule has 1 aliphatic heterocycles. The van der Waals surface area contributed by atoms with E-state index in [1.807, 2.05) is 24.3 Å². The third-order valence-corrected chi connectivity index (χ3v) is 7.04. The van der Waals surface area contributed by atoms with E-state index in [2.05, 4.69) is 28.1 Å². The lowest BCUT2D eigenvalue weighted by Gasteiger charge is -2.30. The Balaban J connectivity index is 1.47. The highest BCUT2D eigenvalue weighted by atomic mass is 35.5. The van der Waals surface area contributed by atoms with Crippen molar-refractivity contribution in [1.82, 2.24) is 15.1 Å². The highest BCUT2D eigenvalue weighted by molar-refractivity contribution is 7.82. The number of halogens is 2. The van der Waals surface area contributed by atoms with Gasteiger partial charge in [0.05, 0.1) is 0 Å². The molecule has 2 heterocycles. The molecule has 0 radical (unpaired) electrons. The first kappa shape index (κ1) is 27.1. The van der Waals surface area contributed by atoms with Crippen LogP contribution >= 0.6 is 47.2 Å². The third kappa shape index (κ3) is 7.75. The Morgan fingerprint density at radius 1 is 0.919 bits per heavy atom. The predicted molar refractivity (Wildman–Crippen MR) is 150 cm³/mol. The summed E-state index contributed by atoms with van der Waals surface area (Å²) in [6.45, 7) is 0.361. The van der Waals surface area contributed by atoms with Gasteiger partial charge in [-0.3, -0.25) is 14.4 Å². The molecule has 1 saturated heterocycles. The number of carbonyl (C=O) groups is 3. The Bertz CT molecular complexity index is 1300. The average molecular weight is 574 g/mol. The molecule has 0 unspecified atom stereocenters. The van der Waals surface area contributed by atoms with Gasteiger partial charge in [-0.1, -0.05) is 58.8 Å². The normalized spacial score (nSPS) is 15.9. The number of aromatic nitrogens is 2. The minimum atomic E-state index is -0.252. The minimum Gasteiger partial charge on any atom is -0.334 e. The molecule has 1 fully saturated rings. The van der Waals surface area contributed by atoms with Crippen molar-refractivity contribution >= 4 is 82.0 Å². The molecule has 190 valence electrons. The summed E-state index contributed by atoms with van der Waals surface area (Å²) in [5.41, 5.74) is 2.62. The van der Waals surface area contributed by atoms with Crippen molar-refractivity contribution in [2.24, 2.45) is 0 Å². The Hall–Kier alpha value is -2.98. The number of piperidine rings is 1. The van der Waals surface area contributed by atoms with Crippen LogP contribution in [0.3, 0.4) is 0 Å². The van der Waals surface area contributed by atoms with Crippen molar-refractivity contribution in [2.75, 3.05) is 18.4 Å². The fraction of sp³-hybridized carbons (Fsp3) is 0.192. The number of anilines is 1. The highest BCUT2D eigenvalue weighted by Crippen LogP contribution is 2.24. The lowest BCUT2D eigenvalue weighted by atomic mass is 9.94. The van der Waals surface area contributed by atoms with Crippen LogP contribution in [0.15, 0.2) is 64.0 Å². The van der Waals surface area contributed by atoms with Crippen molar-refractivity contribution in [3.05, 3.63) is 80.8 Å². The molecule has 4 rings (SSSR count). The van der Waals surface area contributed by atoms with Crippen molar-refractivity contribution in [2.45, 2.75) is 23.6 Å². The van der Waals surface area contributed by atoms with Crippen LogP contribution in [0.2, 0.25) is 10.0 Å². The summed E-state index contributed by atoms with van der Waals surface area (Å²) in [5.74, 6) is -0.510. The van der Waals surface area contributed by atoms with Gasteiger partial charge in [-0.25, -0.2) is 0 Å². The van der Waals surface area contributed by atoms with Gasteiger partial charge in [0.1, 0.15) is 0 Å². The molecule has 0 atom stereocenters. The van der Waals surface area contributed by atoms with Gasteiger partial charge < -0.3 is 10.2 Å². The van der Waals surface area contributed by atoms with Gasteiger partial charge in [0.25, 0.3) is 0 Å². The van der Waals surface area contributed by atoms with E-state index < -0.39 is 0 Å². The van der Waals surface area contributed by atoms with E-state index in [-0.39, 0.29) is 43.5 Å². The lowest BCUT2D eigenvalue weighted by molar-refractivity contribution is -0.131. The second kappa shape index (κ2) is 12.5. The molecule has 0 saturated carbocycles. The van der Waals surface area contributed by atoms with Crippen LogP contribution in [-0.4, -0.2) is 45.8 Å². The van der Waals surface area contributed by atoms with E-state index in [9.17, 15) is 14.4 Å². The van der Waals surface area contributed by atoms with Gasteiger partial charge in [0.15, 0.2) is 10.1 Å². The van der Waals surface area contributed by atoms with E-state index in [4.69, 9.17) is 23.2 Å². The average Bonchev–Trinajstić information content (AvgIpc) is 3.28. The second-order valence-electron chi connectivity index (χ2n) is 8.31. The maximum absolute atomic E-state index is 13.3. The standard InChI is InChI=1S/C26H22Cl2N4O3S2/c27-20-8-4-16(5-9-20)12-18-14-32(15-19(24(18)35)13-17-6-10-21(28)11-7-17)23(34)3-1-2-22(33)29-25-30-31-26(36)37-25/h4-13H,1-3,14-15H2,(H,31,36)(H,29,30,33)/b18-12+,19-13+. The number of rotatable bonds is 7. The van der Waals surface area contributed by atoms with Crippen molar-refractivity contribution in [3.63, 3.8) is 0 Å². The van der Waals surface area contributed by atoms with Crippen molar-refractivity contribution in [1.29, 1.82) is 0 Å². The number of benzene rings is 2. The number of nitrogens with one attached hydrogen (secondary N) is 1. The summed E-state index contributed by atoms with van der Waals surface area (Å²) >= 11 is 17.2. The SMILES string of the molecule is O=C(CCCC(=O)N1C/C(=C\c2ccc(Cl)cc2)C(=O)/C(=C/c2ccc(Cl)cc2)C1)Nc1nnc(S)s1. The number of Topliss-reactive ketones (excluding diaryl/α,β-unsaturated/α-hetero) is 1. The number of ketones is 1. The molecule has 11 heteroatoms. The van der Waals surface area contributed by atoms with Crippen LogP contribution in [0.1, 0.15) is 30.4 Å². The molecule has 1 aromatic heterocycles. The first-order valence-electron chi connectivity index (χ1n) is 11.3. The quantitative estimate of drug-likeness (QED) is 0.211. The Morgan fingerprint density at radius 3 is 1.95 bits per heavy atom. The van der Waals surface area contributed by atoms with Gasteiger partial charge in [-0.05, 0) is 54.0 Å². The number of carbonyl (C=O) groups excluding carboxylic acids is 3. The predicted octanol–water partition coefficient (Wildman–Crippen LogP) is 5.82. The Kier molecular flexibility index (Phi) is 9.15. The van der Waals surface area contributed by atoms with Crippen molar-refractivity contribution in [3.8, 4) is 0 Å². The second-order valence-corrected chi connectivity index (χ2v) is 10.9. The maximum Gasteiger partial charge on any atom is 0.226 e. The molecule has 0 aliphatic carbocycles.